The first-order valence-electron chi connectivity index (χ1n) is 8.17. The van der Waals surface area contributed by atoms with E-state index >= 15 is 0 Å². The third kappa shape index (κ3) is 4.15. The molecule has 2 aromatic carbocycles. The van der Waals surface area contributed by atoms with Gasteiger partial charge in [-0.25, -0.2) is 8.78 Å². The van der Waals surface area contributed by atoms with Gasteiger partial charge in [-0.3, -0.25) is 0 Å². The Bertz CT molecular complexity index is 625. The lowest BCUT2D eigenvalue weighted by atomic mass is 10.1. The van der Waals surface area contributed by atoms with E-state index in [1.165, 1.54) is 18.4 Å². The minimum atomic E-state index is -0.792. The number of hydrogen-bond donors (Lipinski definition) is 1. The maximum atomic E-state index is 13.8. The average molecular weight is 316 g/mol. The minimum Gasteiger partial charge on any atom is -0.305 e. The van der Waals surface area contributed by atoms with Gasteiger partial charge in [0.05, 0.1) is 0 Å². The first kappa shape index (κ1) is 16.1. The zero-order valence-electron chi connectivity index (χ0n) is 13.1. The smallest absolute Gasteiger partial charge is 0.163 e. The Morgan fingerprint density at radius 3 is 2.43 bits per heavy atom. The molecule has 1 heterocycles. The third-order valence-corrected chi connectivity index (χ3v) is 4.41. The van der Waals surface area contributed by atoms with Gasteiger partial charge in [-0.15, -0.1) is 0 Å². The number of hydrogen-bond acceptors (Lipinski definition) is 2. The van der Waals surface area contributed by atoms with E-state index in [0.29, 0.717) is 12.1 Å². The molecule has 2 aromatic rings. The van der Waals surface area contributed by atoms with Gasteiger partial charge in [0.15, 0.2) is 11.6 Å². The van der Waals surface area contributed by atoms with Crippen molar-refractivity contribution < 1.29 is 8.78 Å². The van der Waals surface area contributed by atoms with Crippen LogP contribution in [0.2, 0.25) is 0 Å². The van der Waals surface area contributed by atoms with Crippen LogP contribution in [0, 0.1) is 11.6 Å². The van der Waals surface area contributed by atoms with E-state index in [-0.39, 0.29) is 6.04 Å². The average Bonchev–Trinajstić information content (AvgIpc) is 3.09. The first-order chi connectivity index (χ1) is 11.2. The Morgan fingerprint density at radius 1 is 0.957 bits per heavy atom. The second-order valence-electron chi connectivity index (χ2n) is 6.06. The molecule has 122 valence electrons. The third-order valence-electron chi connectivity index (χ3n) is 4.41. The number of benzene rings is 2. The molecule has 4 heteroatoms. The van der Waals surface area contributed by atoms with Gasteiger partial charge in [0.25, 0.3) is 0 Å². The molecule has 0 aromatic heterocycles. The zero-order chi connectivity index (χ0) is 16.1. The Kier molecular flexibility index (Phi) is 5.36. The number of nitrogens with one attached hydrogen (secondary N) is 1. The highest BCUT2D eigenvalue weighted by Gasteiger charge is 2.19. The molecular weight excluding hydrogens is 294 g/mol. The topological polar surface area (TPSA) is 15.3 Å². The second-order valence-corrected chi connectivity index (χ2v) is 6.06. The lowest BCUT2D eigenvalue weighted by molar-refractivity contribution is 0.290. The van der Waals surface area contributed by atoms with Gasteiger partial charge in [0, 0.05) is 24.7 Å². The van der Waals surface area contributed by atoms with Gasteiger partial charge in [0.1, 0.15) is 0 Å². The molecule has 0 bridgehead atoms. The second kappa shape index (κ2) is 7.66. The van der Waals surface area contributed by atoms with Crippen molar-refractivity contribution in [2.75, 3.05) is 19.6 Å². The van der Waals surface area contributed by atoms with Crippen LogP contribution in [0.15, 0.2) is 48.5 Å². The predicted octanol–water partition coefficient (Wildman–Crippen LogP) is 3.89. The Morgan fingerprint density at radius 2 is 1.70 bits per heavy atom. The van der Waals surface area contributed by atoms with E-state index in [4.69, 9.17) is 0 Å². The molecule has 1 atom stereocenters. The molecule has 0 unspecified atom stereocenters. The summed E-state index contributed by atoms with van der Waals surface area (Å²) >= 11 is 0. The molecule has 3 rings (SSSR count). The van der Waals surface area contributed by atoms with Gasteiger partial charge in [0.2, 0.25) is 0 Å². The van der Waals surface area contributed by atoms with Gasteiger partial charge >= 0.3 is 0 Å². The van der Waals surface area contributed by atoms with E-state index < -0.39 is 11.6 Å². The lowest BCUT2D eigenvalue weighted by Gasteiger charge is -2.25. The van der Waals surface area contributed by atoms with Crippen molar-refractivity contribution in [3.8, 4) is 0 Å². The van der Waals surface area contributed by atoms with E-state index in [1.807, 2.05) is 18.2 Å². The van der Waals surface area contributed by atoms with Gasteiger partial charge < -0.3 is 10.2 Å². The van der Waals surface area contributed by atoms with Crippen LogP contribution in [-0.4, -0.2) is 24.5 Å². The molecule has 0 spiro atoms. The highest BCUT2D eigenvalue weighted by Crippen LogP contribution is 2.19. The van der Waals surface area contributed by atoms with Crippen LogP contribution in [0.1, 0.15) is 30.0 Å². The molecule has 0 radical (unpaired) electrons. The Labute approximate surface area is 136 Å². The van der Waals surface area contributed by atoms with Gasteiger partial charge in [-0.2, -0.15) is 0 Å². The maximum Gasteiger partial charge on any atom is 0.163 e. The highest BCUT2D eigenvalue weighted by atomic mass is 19.2. The molecule has 2 nitrogen and oxygen atoms in total. The summed E-state index contributed by atoms with van der Waals surface area (Å²) in [5, 5.41) is 3.40. The van der Waals surface area contributed by atoms with Crippen molar-refractivity contribution in [1.82, 2.24) is 10.2 Å². The molecule has 0 saturated carbocycles. The molecule has 1 fully saturated rings. The molecule has 1 aliphatic rings. The number of likely N-dealkylation sites (tertiary alicyclic amines) is 1. The number of rotatable bonds is 6. The summed E-state index contributed by atoms with van der Waals surface area (Å²) in [4.78, 5) is 2.42. The van der Waals surface area contributed by atoms with Crippen LogP contribution >= 0.6 is 0 Å². The maximum absolute atomic E-state index is 13.8. The monoisotopic (exact) mass is 316 g/mol. The van der Waals surface area contributed by atoms with Crippen molar-refractivity contribution >= 4 is 0 Å². The van der Waals surface area contributed by atoms with Crippen LogP contribution in [0.3, 0.4) is 0 Å². The summed E-state index contributed by atoms with van der Waals surface area (Å²) < 4.78 is 27.2. The van der Waals surface area contributed by atoms with Crippen LogP contribution < -0.4 is 5.32 Å². The van der Waals surface area contributed by atoms with E-state index in [0.717, 1.165) is 25.7 Å². The SMILES string of the molecule is Fc1cccc(CN[C@H](CN2CCCC2)c2ccccc2)c1F. The summed E-state index contributed by atoms with van der Waals surface area (Å²) in [5.41, 5.74) is 1.54. The van der Waals surface area contributed by atoms with Gasteiger partial charge in [-0.05, 0) is 37.6 Å². The predicted molar refractivity (Wildman–Crippen MR) is 88.1 cm³/mol. The van der Waals surface area contributed by atoms with Crippen molar-refractivity contribution in [3.05, 3.63) is 71.3 Å². The van der Waals surface area contributed by atoms with Gasteiger partial charge in [-0.1, -0.05) is 42.5 Å². The summed E-state index contributed by atoms with van der Waals surface area (Å²) in [5.74, 6) is -1.55. The van der Waals surface area contributed by atoms with Crippen molar-refractivity contribution in [3.63, 3.8) is 0 Å². The molecule has 1 N–H and O–H groups in total. The number of nitrogens with zero attached hydrogens (tertiary/aromatic N) is 1. The van der Waals surface area contributed by atoms with E-state index in [2.05, 4.69) is 22.3 Å². The summed E-state index contributed by atoms with van der Waals surface area (Å²) in [6, 6.07) is 14.6. The van der Waals surface area contributed by atoms with Crippen LogP contribution in [0.5, 0.6) is 0 Å². The lowest BCUT2D eigenvalue weighted by Crippen LogP contribution is -2.33. The quantitative estimate of drug-likeness (QED) is 0.870. The fourth-order valence-electron chi connectivity index (χ4n) is 3.11. The van der Waals surface area contributed by atoms with E-state index in [1.54, 1.807) is 12.1 Å². The highest BCUT2D eigenvalue weighted by molar-refractivity contribution is 5.22. The molecule has 0 aliphatic carbocycles. The van der Waals surface area contributed by atoms with Crippen LogP contribution in [-0.2, 0) is 6.54 Å². The van der Waals surface area contributed by atoms with Crippen molar-refractivity contribution in [2.45, 2.75) is 25.4 Å². The first-order valence-corrected chi connectivity index (χ1v) is 8.17. The minimum absolute atomic E-state index is 0.108. The Balaban J connectivity index is 1.71. The van der Waals surface area contributed by atoms with E-state index in [9.17, 15) is 8.78 Å². The zero-order valence-corrected chi connectivity index (χ0v) is 13.1. The summed E-state index contributed by atoms with van der Waals surface area (Å²) in [7, 11) is 0. The molecule has 0 amide bonds. The standard InChI is InChI=1S/C19H22F2N2/c20-17-10-6-9-16(19(17)21)13-22-18(14-23-11-4-5-12-23)15-7-2-1-3-8-15/h1-3,6-10,18,22H,4-5,11-14H2/t18-/m1/s1. The number of halogens is 2. The summed E-state index contributed by atoms with van der Waals surface area (Å²) in [6.45, 7) is 3.43. The normalized spacial score (nSPS) is 16.6. The Hall–Kier alpha value is -1.78. The summed E-state index contributed by atoms with van der Waals surface area (Å²) in [6.07, 6.45) is 2.47. The fourth-order valence-corrected chi connectivity index (χ4v) is 3.11. The van der Waals surface area contributed by atoms with Crippen molar-refractivity contribution in [1.29, 1.82) is 0 Å². The largest absolute Gasteiger partial charge is 0.305 e. The molecule has 23 heavy (non-hydrogen) atoms. The van der Waals surface area contributed by atoms with Crippen LogP contribution in [0.25, 0.3) is 0 Å². The fraction of sp³-hybridized carbons (Fsp3) is 0.368. The molecule has 1 saturated heterocycles. The van der Waals surface area contributed by atoms with Crippen molar-refractivity contribution in [2.24, 2.45) is 0 Å². The molecular formula is C19H22F2N2. The molecule has 1 aliphatic heterocycles. The van der Waals surface area contributed by atoms with Crippen LogP contribution in [0.4, 0.5) is 8.78 Å².